The quantitative estimate of drug-likeness (QED) is 0.678. The molecule has 106 valence electrons. The van der Waals surface area contributed by atoms with Crippen molar-refractivity contribution < 1.29 is 19.1 Å². The lowest BCUT2D eigenvalue weighted by Gasteiger charge is -2.20. The van der Waals surface area contributed by atoms with Crippen molar-refractivity contribution in [2.45, 2.75) is 25.7 Å². The highest BCUT2D eigenvalue weighted by Gasteiger charge is 2.29. The van der Waals surface area contributed by atoms with Gasteiger partial charge in [0.25, 0.3) is 0 Å². The maximum absolute atomic E-state index is 12.2. The average Bonchev–Trinajstić information content (AvgIpc) is 2.47. The van der Waals surface area contributed by atoms with Crippen LogP contribution in [0.2, 0.25) is 0 Å². The van der Waals surface area contributed by atoms with Gasteiger partial charge in [-0.2, -0.15) is 0 Å². The molecule has 0 bridgehead atoms. The second kappa shape index (κ2) is 6.32. The second-order valence-corrected chi connectivity index (χ2v) is 4.79. The van der Waals surface area contributed by atoms with Crippen LogP contribution >= 0.6 is 0 Å². The van der Waals surface area contributed by atoms with Gasteiger partial charge in [-0.3, -0.25) is 9.59 Å². The minimum Gasteiger partial charge on any atom is -0.465 e. The van der Waals surface area contributed by atoms with Crippen LogP contribution in [0.5, 0.6) is 0 Å². The van der Waals surface area contributed by atoms with Gasteiger partial charge in [0.1, 0.15) is 5.78 Å². The number of Topliss-reactive ketones (excluding diaryl/α,β-unsaturated/α-hetero) is 1. The maximum Gasteiger partial charge on any atom is 0.339 e. The van der Waals surface area contributed by atoms with E-state index >= 15 is 0 Å². The first-order valence-corrected chi connectivity index (χ1v) is 6.64. The highest BCUT2D eigenvalue weighted by Crippen LogP contribution is 2.23. The summed E-state index contributed by atoms with van der Waals surface area (Å²) in [5.41, 5.74) is 0.661. The summed E-state index contributed by atoms with van der Waals surface area (Å²) in [6.45, 7) is 0. The van der Waals surface area contributed by atoms with Crippen LogP contribution in [-0.4, -0.2) is 24.8 Å². The molecule has 1 aromatic rings. The van der Waals surface area contributed by atoms with E-state index in [9.17, 15) is 14.4 Å². The molecule has 5 nitrogen and oxygen atoms in total. The molecule has 0 saturated heterocycles. The monoisotopic (exact) mass is 275 g/mol. The zero-order valence-electron chi connectivity index (χ0n) is 11.3. The second-order valence-electron chi connectivity index (χ2n) is 4.79. The number of hydrogen-bond acceptors (Lipinski definition) is 4. The summed E-state index contributed by atoms with van der Waals surface area (Å²) in [5, 5.41) is 2.67. The number of carbonyl (C=O) groups excluding carboxylic acids is 3. The van der Waals surface area contributed by atoms with Gasteiger partial charge in [0.05, 0.1) is 24.3 Å². The molecule has 1 aromatic carbocycles. The van der Waals surface area contributed by atoms with Crippen LogP contribution in [0.1, 0.15) is 36.0 Å². The molecule has 1 N–H and O–H groups in total. The molecule has 1 aliphatic carbocycles. The van der Waals surface area contributed by atoms with Crippen molar-refractivity contribution in [3.63, 3.8) is 0 Å². The Morgan fingerprint density at radius 2 is 2.00 bits per heavy atom. The number of esters is 1. The number of ether oxygens (including phenoxy) is 1. The lowest BCUT2D eigenvalue weighted by Crippen LogP contribution is -2.32. The molecular weight excluding hydrogens is 258 g/mol. The molecular formula is C15H17NO4. The molecule has 1 saturated carbocycles. The topological polar surface area (TPSA) is 72.5 Å². The first-order valence-electron chi connectivity index (χ1n) is 6.64. The molecule has 0 aliphatic heterocycles. The number of benzene rings is 1. The number of hydrogen-bond donors (Lipinski definition) is 1. The Balaban J connectivity index is 2.15. The third kappa shape index (κ3) is 3.04. The Labute approximate surface area is 117 Å². The summed E-state index contributed by atoms with van der Waals surface area (Å²) in [6.07, 6.45) is 2.76. The molecule has 0 spiro atoms. The number of para-hydroxylation sites is 1. The Bertz CT molecular complexity index is 538. The molecule has 5 heteroatoms. The fraction of sp³-hybridized carbons (Fsp3) is 0.400. The van der Waals surface area contributed by atoms with E-state index in [1.54, 1.807) is 24.3 Å². The van der Waals surface area contributed by atoms with Crippen molar-refractivity contribution in [3.8, 4) is 0 Å². The van der Waals surface area contributed by atoms with Crippen LogP contribution in [0.25, 0.3) is 0 Å². The lowest BCUT2D eigenvalue weighted by atomic mass is 9.87. The van der Waals surface area contributed by atoms with Crippen LogP contribution < -0.4 is 5.32 Å². The lowest BCUT2D eigenvalue weighted by molar-refractivity contribution is -0.132. The first-order chi connectivity index (χ1) is 9.63. The average molecular weight is 275 g/mol. The normalized spacial score (nSPS) is 18.4. The predicted molar refractivity (Wildman–Crippen MR) is 73.4 cm³/mol. The van der Waals surface area contributed by atoms with E-state index in [-0.39, 0.29) is 17.3 Å². The van der Waals surface area contributed by atoms with Crippen molar-refractivity contribution in [1.82, 2.24) is 0 Å². The van der Waals surface area contributed by atoms with Gasteiger partial charge in [-0.1, -0.05) is 18.6 Å². The Kier molecular flexibility index (Phi) is 4.50. The molecule has 1 amide bonds. The molecule has 20 heavy (non-hydrogen) atoms. The van der Waals surface area contributed by atoms with Gasteiger partial charge in [-0.25, -0.2) is 4.79 Å². The van der Waals surface area contributed by atoms with Crippen LogP contribution in [0.3, 0.4) is 0 Å². The van der Waals surface area contributed by atoms with Crippen molar-refractivity contribution in [1.29, 1.82) is 0 Å². The fourth-order valence-electron chi connectivity index (χ4n) is 2.36. The third-order valence-corrected chi connectivity index (χ3v) is 3.46. The van der Waals surface area contributed by atoms with Crippen LogP contribution in [0.4, 0.5) is 5.69 Å². The summed E-state index contributed by atoms with van der Waals surface area (Å²) < 4.78 is 4.67. The SMILES string of the molecule is COC(=O)c1ccccc1NC(=O)[C@@H]1CCCCC1=O. The zero-order valence-corrected chi connectivity index (χ0v) is 11.3. The number of rotatable bonds is 3. The predicted octanol–water partition coefficient (Wildman–Crippen LogP) is 2.17. The highest BCUT2D eigenvalue weighted by atomic mass is 16.5. The minimum atomic E-state index is -0.602. The molecule has 1 atom stereocenters. The standard InChI is InChI=1S/C15H17NO4/c1-20-15(19)10-6-2-4-8-12(10)16-14(18)11-7-3-5-9-13(11)17/h2,4,6,8,11H,3,5,7,9H2,1H3,(H,16,18)/t11-/m1/s1. The van der Waals surface area contributed by atoms with E-state index in [1.807, 2.05) is 0 Å². The Hall–Kier alpha value is -2.17. The number of carbonyl (C=O) groups is 3. The third-order valence-electron chi connectivity index (χ3n) is 3.46. The smallest absolute Gasteiger partial charge is 0.339 e. The van der Waals surface area contributed by atoms with Gasteiger partial charge in [0, 0.05) is 6.42 Å². The molecule has 0 unspecified atom stereocenters. The zero-order chi connectivity index (χ0) is 14.5. The number of ketones is 1. The van der Waals surface area contributed by atoms with Crippen LogP contribution in [0.15, 0.2) is 24.3 Å². The first kappa shape index (κ1) is 14.2. The van der Waals surface area contributed by atoms with Gasteiger partial charge in [0.15, 0.2) is 0 Å². The van der Waals surface area contributed by atoms with Gasteiger partial charge in [-0.15, -0.1) is 0 Å². The van der Waals surface area contributed by atoms with Gasteiger partial charge in [0.2, 0.25) is 5.91 Å². The summed E-state index contributed by atoms with van der Waals surface area (Å²) >= 11 is 0. The van der Waals surface area contributed by atoms with E-state index in [2.05, 4.69) is 10.1 Å². The highest BCUT2D eigenvalue weighted by molar-refractivity contribution is 6.09. The number of nitrogens with one attached hydrogen (secondary N) is 1. The van der Waals surface area contributed by atoms with Gasteiger partial charge in [-0.05, 0) is 25.0 Å². The molecule has 0 radical (unpaired) electrons. The van der Waals surface area contributed by atoms with Crippen molar-refractivity contribution in [2.24, 2.45) is 5.92 Å². The van der Waals surface area contributed by atoms with Crippen molar-refractivity contribution in [2.75, 3.05) is 12.4 Å². The van der Waals surface area contributed by atoms with Gasteiger partial charge < -0.3 is 10.1 Å². The Morgan fingerprint density at radius 3 is 2.70 bits per heavy atom. The number of methoxy groups -OCH3 is 1. The van der Waals surface area contributed by atoms with Crippen LogP contribution in [0, 0.1) is 5.92 Å². The fourth-order valence-corrected chi connectivity index (χ4v) is 2.36. The Morgan fingerprint density at radius 1 is 1.25 bits per heavy atom. The van der Waals surface area contributed by atoms with E-state index < -0.39 is 11.9 Å². The van der Waals surface area contributed by atoms with Crippen molar-refractivity contribution in [3.05, 3.63) is 29.8 Å². The van der Waals surface area contributed by atoms with Crippen LogP contribution in [-0.2, 0) is 14.3 Å². The summed E-state index contributed by atoms with van der Waals surface area (Å²) in [6, 6.07) is 6.60. The number of anilines is 1. The molecule has 1 fully saturated rings. The van der Waals surface area contributed by atoms with E-state index in [0.717, 1.165) is 12.8 Å². The minimum absolute atomic E-state index is 0.0238. The molecule has 0 aromatic heterocycles. The molecule has 1 aliphatic rings. The molecule has 2 rings (SSSR count). The molecule has 0 heterocycles. The van der Waals surface area contributed by atoms with E-state index in [0.29, 0.717) is 18.5 Å². The number of amides is 1. The van der Waals surface area contributed by atoms with Gasteiger partial charge >= 0.3 is 5.97 Å². The largest absolute Gasteiger partial charge is 0.465 e. The van der Waals surface area contributed by atoms with E-state index in [4.69, 9.17) is 0 Å². The summed E-state index contributed by atoms with van der Waals surface area (Å²) in [7, 11) is 1.28. The maximum atomic E-state index is 12.2. The summed E-state index contributed by atoms with van der Waals surface area (Å²) in [5.74, 6) is -1.49. The van der Waals surface area contributed by atoms with E-state index in [1.165, 1.54) is 7.11 Å². The van der Waals surface area contributed by atoms with Crippen molar-refractivity contribution >= 4 is 23.3 Å². The summed E-state index contributed by atoms with van der Waals surface area (Å²) in [4.78, 5) is 35.5.